The maximum Gasteiger partial charge on any atom is 0.416 e. The Morgan fingerprint density at radius 1 is 1.12 bits per heavy atom. The summed E-state index contributed by atoms with van der Waals surface area (Å²) < 4.78 is 44.3. The van der Waals surface area contributed by atoms with E-state index in [0.717, 1.165) is 29.7 Å². The fourth-order valence-electron chi connectivity index (χ4n) is 4.34. The third-order valence-corrected chi connectivity index (χ3v) is 6.34. The zero-order valence-corrected chi connectivity index (χ0v) is 20.3. The Morgan fingerprint density at radius 2 is 1.76 bits per heavy atom. The number of rotatable bonds is 5. The quantitative estimate of drug-likeness (QED) is 0.331. The minimum Gasteiger partial charge on any atom is -0.469 e. The Kier molecular flexibility index (Phi) is 8.67. The van der Waals surface area contributed by atoms with Crippen LogP contribution < -0.4 is 0 Å². The second kappa shape index (κ2) is 11.3. The smallest absolute Gasteiger partial charge is 0.416 e. The topological polar surface area (TPSA) is 29.5 Å². The summed E-state index contributed by atoms with van der Waals surface area (Å²) in [5.74, 6) is 6.60. The van der Waals surface area contributed by atoms with Gasteiger partial charge in [0.15, 0.2) is 0 Å². The average Bonchev–Trinajstić information content (AvgIpc) is 2.80. The largest absolute Gasteiger partial charge is 0.469 e. The van der Waals surface area contributed by atoms with Gasteiger partial charge in [0.05, 0.1) is 18.7 Å². The van der Waals surface area contributed by atoms with Crippen molar-refractivity contribution < 1.29 is 22.7 Å². The predicted molar refractivity (Wildman–Crippen MR) is 127 cm³/mol. The molecule has 1 fully saturated rings. The summed E-state index contributed by atoms with van der Waals surface area (Å²) in [4.78, 5) is 14.2. The maximum atomic E-state index is 13.2. The molecule has 0 aromatic heterocycles. The number of hydrogen-bond donors (Lipinski definition) is 0. The Morgan fingerprint density at radius 3 is 2.32 bits per heavy atom. The fraction of sp³-hybridized carbons (Fsp3) is 0.444. The molecule has 7 heteroatoms. The van der Waals surface area contributed by atoms with Crippen molar-refractivity contribution in [2.24, 2.45) is 11.8 Å². The standard InChI is InChI=1S/C27H29ClF3NO2/c1-18(2)4-13-24(20-7-11-23(28)12-8-20)32-15-14-19(17-26(33)34-3)16-25(32)21-5-9-22(10-6-21)27(29,30)31/h5-12,18-19,24-25H,14-17H2,1-3H3/t19-,24-,25+/m1/s1. The van der Waals surface area contributed by atoms with Gasteiger partial charge in [-0.1, -0.05) is 61.6 Å². The van der Waals surface area contributed by atoms with Crippen molar-refractivity contribution in [2.75, 3.05) is 13.7 Å². The molecule has 1 aliphatic rings. The molecular formula is C27H29ClF3NO2. The van der Waals surface area contributed by atoms with Crippen molar-refractivity contribution in [1.82, 2.24) is 4.90 Å². The van der Waals surface area contributed by atoms with Crippen LogP contribution in [0.25, 0.3) is 0 Å². The van der Waals surface area contributed by atoms with E-state index in [1.165, 1.54) is 19.2 Å². The van der Waals surface area contributed by atoms with Crippen LogP contribution in [0.1, 0.15) is 61.9 Å². The highest BCUT2D eigenvalue weighted by atomic mass is 35.5. The van der Waals surface area contributed by atoms with Crippen LogP contribution in [-0.4, -0.2) is 24.5 Å². The van der Waals surface area contributed by atoms with Crippen LogP contribution in [0.2, 0.25) is 5.02 Å². The van der Waals surface area contributed by atoms with Gasteiger partial charge < -0.3 is 4.74 Å². The van der Waals surface area contributed by atoms with Crippen LogP contribution in [0, 0.1) is 23.7 Å². The monoisotopic (exact) mass is 491 g/mol. The number of esters is 1. The molecule has 0 amide bonds. The number of likely N-dealkylation sites (tertiary alicyclic amines) is 1. The highest BCUT2D eigenvalue weighted by Gasteiger charge is 2.36. The van der Waals surface area contributed by atoms with Gasteiger partial charge in [-0.25, -0.2) is 0 Å². The summed E-state index contributed by atoms with van der Waals surface area (Å²) in [6.07, 6.45) is -2.73. The molecule has 3 rings (SSSR count). The molecule has 182 valence electrons. The van der Waals surface area contributed by atoms with Crippen molar-refractivity contribution in [3.63, 3.8) is 0 Å². The van der Waals surface area contributed by atoms with Crippen molar-refractivity contribution in [1.29, 1.82) is 0 Å². The van der Waals surface area contributed by atoms with Crippen molar-refractivity contribution in [3.05, 3.63) is 70.2 Å². The van der Waals surface area contributed by atoms with Crippen LogP contribution in [0.5, 0.6) is 0 Å². The van der Waals surface area contributed by atoms with E-state index in [4.69, 9.17) is 16.3 Å². The number of nitrogens with zero attached hydrogens (tertiary/aromatic N) is 1. The number of piperidine rings is 1. The van der Waals surface area contributed by atoms with Crippen molar-refractivity contribution in [3.8, 4) is 11.8 Å². The summed E-state index contributed by atoms with van der Waals surface area (Å²) in [7, 11) is 1.36. The Labute approximate surface area is 204 Å². The molecular weight excluding hydrogens is 463 g/mol. The lowest BCUT2D eigenvalue weighted by molar-refractivity contribution is -0.142. The van der Waals surface area contributed by atoms with Gasteiger partial charge in [-0.2, -0.15) is 13.2 Å². The van der Waals surface area contributed by atoms with E-state index in [0.29, 0.717) is 18.0 Å². The molecule has 0 aliphatic carbocycles. The van der Waals surface area contributed by atoms with Gasteiger partial charge in [-0.05, 0) is 54.2 Å². The van der Waals surface area contributed by atoms with Gasteiger partial charge in [-0.15, -0.1) is 0 Å². The van der Waals surface area contributed by atoms with Gasteiger partial charge in [0.2, 0.25) is 0 Å². The Bertz CT molecular complexity index is 1020. The molecule has 1 aliphatic heterocycles. The van der Waals surface area contributed by atoms with Crippen LogP contribution in [-0.2, 0) is 15.7 Å². The van der Waals surface area contributed by atoms with E-state index in [2.05, 4.69) is 16.7 Å². The molecule has 0 saturated carbocycles. The van der Waals surface area contributed by atoms with Gasteiger partial charge in [-0.3, -0.25) is 9.69 Å². The molecule has 2 aromatic rings. The number of alkyl halides is 3. The minimum absolute atomic E-state index is 0.0694. The first kappa shape index (κ1) is 26.1. The molecule has 34 heavy (non-hydrogen) atoms. The van der Waals surface area contributed by atoms with E-state index in [1.807, 2.05) is 38.1 Å². The lowest BCUT2D eigenvalue weighted by Gasteiger charge is -2.42. The zero-order valence-electron chi connectivity index (χ0n) is 19.5. The van der Waals surface area contributed by atoms with E-state index in [-0.39, 0.29) is 36.3 Å². The number of halogens is 4. The van der Waals surface area contributed by atoms with Gasteiger partial charge in [0, 0.05) is 29.9 Å². The van der Waals surface area contributed by atoms with Gasteiger partial charge >= 0.3 is 12.1 Å². The van der Waals surface area contributed by atoms with E-state index >= 15 is 0 Å². The number of benzene rings is 2. The van der Waals surface area contributed by atoms with E-state index in [1.54, 1.807) is 0 Å². The molecule has 0 N–H and O–H groups in total. The highest BCUT2D eigenvalue weighted by Crippen LogP contribution is 2.41. The van der Waals surface area contributed by atoms with Crippen LogP contribution in [0.4, 0.5) is 13.2 Å². The summed E-state index contributed by atoms with van der Waals surface area (Å²) in [6, 6.07) is 12.4. The number of hydrogen-bond acceptors (Lipinski definition) is 3. The van der Waals surface area contributed by atoms with Crippen LogP contribution in [0.3, 0.4) is 0 Å². The molecule has 0 spiro atoms. The molecule has 0 radical (unpaired) electrons. The molecule has 0 bridgehead atoms. The molecule has 1 heterocycles. The van der Waals surface area contributed by atoms with Crippen LogP contribution >= 0.6 is 11.6 Å². The Hall–Kier alpha value is -2.49. The maximum absolute atomic E-state index is 13.2. The number of methoxy groups -OCH3 is 1. The fourth-order valence-corrected chi connectivity index (χ4v) is 4.47. The summed E-state index contributed by atoms with van der Waals surface area (Å²) >= 11 is 6.10. The Balaban J connectivity index is 2.01. The van der Waals surface area contributed by atoms with Crippen molar-refractivity contribution >= 4 is 17.6 Å². The SMILES string of the molecule is COC(=O)C[C@@H]1CCN([C@H](C#CC(C)C)c2ccc(Cl)cc2)[C@H](c2ccc(C(F)(F)F)cc2)C1. The summed E-state index contributed by atoms with van der Waals surface area (Å²) in [6.45, 7) is 4.68. The third-order valence-electron chi connectivity index (χ3n) is 6.08. The van der Waals surface area contributed by atoms with Crippen molar-refractivity contribution in [2.45, 2.75) is 51.4 Å². The van der Waals surface area contributed by atoms with Crippen LogP contribution in [0.15, 0.2) is 48.5 Å². The van der Waals surface area contributed by atoms with E-state index in [9.17, 15) is 18.0 Å². The summed E-state index contributed by atoms with van der Waals surface area (Å²) in [5.41, 5.74) is 1.06. The first-order valence-electron chi connectivity index (χ1n) is 11.3. The lowest BCUT2D eigenvalue weighted by atomic mass is 9.83. The number of carbonyl (C=O) groups excluding carboxylic acids is 1. The summed E-state index contributed by atoms with van der Waals surface area (Å²) in [5, 5.41) is 0.621. The van der Waals surface area contributed by atoms with E-state index < -0.39 is 11.7 Å². The normalized spacial score (nSPS) is 19.9. The highest BCUT2D eigenvalue weighted by molar-refractivity contribution is 6.30. The van der Waals surface area contributed by atoms with Gasteiger partial charge in [0.25, 0.3) is 0 Å². The van der Waals surface area contributed by atoms with Gasteiger partial charge in [0.1, 0.15) is 0 Å². The molecule has 2 aromatic carbocycles. The molecule has 3 nitrogen and oxygen atoms in total. The zero-order chi connectivity index (χ0) is 24.9. The number of ether oxygens (including phenoxy) is 1. The molecule has 0 unspecified atom stereocenters. The second-order valence-corrected chi connectivity index (χ2v) is 9.38. The minimum atomic E-state index is -4.40. The average molecular weight is 492 g/mol. The first-order chi connectivity index (χ1) is 16.1. The molecule has 3 atom stereocenters. The number of carbonyl (C=O) groups is 1. The third kappa shape index (κ3) is 6.77. The predicted octanol–water partition coefficient (Wildman–Crippen LogP) is 7.08. The second-order valence-electron chi connectivity index (χ2n) is 8.94. The lowest BCUT2D eigenvalue weighted by Crippen LogP contribution is -2.39. The first-order valence-corrected chi connectivity index (χ1v) is 11.7. The molecule has 1 saturated heterocycles.